The van der Waals surface area contributed by atoms with Gasteiger partial charge in [-0.05, 0) is 37.6 Å². The monoisotopic (exact) mass is 394 g/mol. The van der Waals surface area contributed by atoms with Gasteiger partial charge in [-0.3, -0.25) is 9.69 Å². The molecule has 1 aliphatic heterocycles. The van der Waals surface area contributed by atoms with Gasteiger partial charge in [0.2, 0.25) is 5.91 Å². The van der Waals surface area contributed by atoms with Crippen LogP contribution in [0.5, 0.6) is 0 Å². The molecule has 0 radical (unpaired) electrons. The SMILES string of the molecule is CCN(CC(=O)NCCCN1CCN(Cc2ccccc2)CC1)c1ccccc1. The van der Waals surface area contributed by atoms with Gasteiger partial charge in [0.1, 0.15) is 0 Å². The summed E-state index contributed by atoms with van der Waals surface area (Å²) >= 11 is 0. The molecule has 1 heterocycles. The summed E-state index contributed by atoms with van der Waals surface area (Å²) in [4.78, 5) is 19.4. The lowest BCUT2D eigenvalue weighted by Gasteiger charge is -2.34. The third kappa shape index (κ3) is 7.18. The number of benzene rings is 2. The lowest BCUT2D eigenvalue weighted by atomic mass is 10.2. The van der Waals surface area contributed by atoms with Gasteiger partial charge in [-0.1, -0.05) is 48.5 Å². The standard InChI is InChI=1S/C24H34N4O/c1-2-28(23-12-7-4-8-13-23)21-24(29)25-14-9-15-26-16-18-27(19-17-26)20-22-10-5-3-6-11-22/h3-8,10-13H,2,9,14-21H2,1H3,(H,25,29). The average Bonchev–Trinajstić information content (AvgIpc) is 2.77. The fourth-order valence-electron chi connectivity index (χ4n) is 3.80. The third-order valence-corrected chi connectivity index (χ3v) is 5.52. The predicted molar refractivity (Wildman–Crippen MR) is 120 cm³/mol. The van der Waals surface area contributed by atoms with Crippen molar-refractivity contribution in [3.63, 3.8) is 0 Å². The van der Waals surface area contributed by atoms with Crippen molar-refractivity contribution >= 4 is 11.6 Å². The van der Waals surface area contributed by atoms with E-state index in [0.717, 1.165) is 64.5 Å². The number of likely N-dealkylation sites (N-methyl/N-ethyl adjacent to an activating group) is 1. The molecule has 29 heavy (non-hydrogen) atoms. The number of piperazine rings is 1. The van der Waals surface area contributed by atoms with Crippen LogP contribution in [0.2, 0.25) is 0 Å². The van der Waals surface area contributed by atoms with Gasteiger partial charge >= 0.3 is 0 Å². The minimum atomic E-state index is 0.100. The zero-order valence-corrected chi connectivity index (χ0v) is 17.6. The molecule has 1 amide bonds. The number of carbonyl (C=O) groups excluding carboxylic acids is 1. The average molecular weight is 395 g/mol. The van der Waals surface area contributed by atoms with E-state index in [1.807, 2.05) is 30.3 Å². The number of carbonyl (C=O) groups is 1. The topological polar surface area (TPSA) is 38.8 Å². The number of nitrogens with zero attached hydrogens (tertiary/aromatic N) is 3. The van der Waals surface area contributed by atoms with Crippen molar-refractivity contribution in [3.8, 4) is 0 Å². The first kappa shape index (κ1) is 21.3. The molecule has 5 nitrogen and oxygen atoms in total. The Bertz CT molecular complexity index is 714. The number of rotatable bonds is 10. The third-order valence-electron chi connectivity index (χ3n) is 5.52. The Balaban J connectivity index is 1.28. The molecule has 1 fully saturated rings. The van der Waals surface area contributed by atoms with Crippen molar-refractivity contribution in [3.05, 3.63) is 66.2 Å². The number of para-hydroxylation sites is 1. The fraction of sp³-hybridized carbons (Fsp3) is 0.458. The Morgan fingerprint density at radius 1 is 0.931 bits per heavy atom. The van der Waals surface area contributed by atoms with E-state index >= 15 is 0 Å². The van der Waals surface area contributed by atoms with E-state index in [9.17, 15) is 4.79 Å². The molecule has 1 saturated heterocycles. The fourth-order valence-corrected chi connectivity index (χ4v) is 3.80. The molecular formula is C24H34N4O. The first-order chi connectivity index (χ1) is 14.2. The van der Waals surface area contributed by atoms with Crippen molar-refractivity contribution in [1.29, 1.82) is 0 Å². The molecule has 0 spiro atoms. The van der Waals surface area contributed by atoms with Gasteiger partial charge in [-0.15, -0.1) is 0 Å². The van der Waals surface area contributed by atoms with Gasteiger partial charge in [0, 0.05) is 51.5 Å². The van der Waals surface area contributed by atoms with Crippen LogP contribution in [0.1, 0.15) is 18.9 Å². The second-order valence-corrected chi connectivity index (χ2v) is 7.66. The van der Waals surface area contributed by atoms with E-state index in [2.05, 4.69) is 57.3 Å². The molecule has 3 rings (SSSR count). The second kappa shape index (κ2) is 11.6. The van der Waals surface area contributed by atoms with Gasteiger partial charge < -0.3 is 15.1 Å². The molecular weight excluding hydrogens is 360 g/mol. The highest BCUT2D eigenvalue weighted by Crippen LogP contribution is 2.12. The Morgan fingerprint density at radius 3 is 2.21 bits per heavy atom. The summed E-state index contributed by atoms with van der Waals surface area (Å²) in [5.74, 6) is 0.100. The predicted octanol–water partition coefficient (Wildman–Crippen LogP) is 2.84. The summed E-state index contributed by atoms with van der Waals surface area (Å²) in [5, 5.41) is 3.08. The van der Waals surface area contributed by atoms with E-state index < -0.39 is 0 Å². The van der Waals surface area contributed by atoms with Crippen LogP contribution in [-0.2, 0) is 11.3 Å². The molecule has 0 aliphatic carbocycles. The van der Waals surface area contributed by atoms with Crippen molar-refractivity contribution in [1.82, 2.24) is 15.1 Å². The number of amides is 1. The minimum Gasteiger partial charge on any atom is -0.363 e. The molecule has 0 unspecified atom stereocenters. The van der Waals surface area contributed by atoms with E-state index in [4.69, 9.17) is 0 Å². The van der Waals surface area contributed by atoms with Gasteiger partial charge in [0.05, 0.1) is 6.54 Å². The highest BCUT2D eigenvalue weighted by molar-refractivity contribution is 5.81. The lowest BCUT2D eigenvalue weighted by molar-refractivity contribution is -0.119. The Kier molecular flexibility index (Phi) is 8.53. The first-order valence-corrected chi connectivity index (χ1v) is 10.8. The second-order valence-electron chi connectivity index (χ2n) is 7.66. The summed E-state index contributed by atoms with van der Waals surface area (Å²) in [5.41, 5.74) is 2.49. The maximum atomic E-state index is 12.3. The molecule has 2 aromatic carbocycles. The summed E-state index contributed by atoms with van der Waals surface area (Å²) in [6.45, 7) is 10.6. The molecule has 1 N–H and O–H groups in total. The summed E-state index contributed by atoms with van der Waals surface area (Å²) in [7, 11) is 0. The largest absolute Gasteiger partial charge is 0.363 e. The van der Waals surface area contributed by atoms with Gasteiger partial charge in [-0.2, -0.15) is 0 Å². The Morgan fingerprint density at radius 2 is 1.55 bits per heavy atom. The smallest absolute Gasteiger partial charge is 0.239 e. The number of anilines is 1. The van der Waals surface area contributed by atoms with Crippen LogP contribution in [-0.4, -0.2) is 68.1 Å². The zero-order valence-electron chi connectivity index (χ0n) is 17.6. The molecule has 156 valence electrons. The number of hydrogen-bond acceptors (Lipinski definition) is 4. The van der Waals surface area contributed by atoms with Crippen LogP contribution in [0.3, 0.4) is 0 Å². The zero-order chi connectivity index (χ0) is 20.3. The van der Waals surface area contributed by atoms with Crippen molar-refractivity contribution in [2.45, 2.75) is 19.9 Å². The minimum absolute atomic E-state index is 0.100. The van der Waals surface area contributed by atoms with Crippen molar-refractivity contribution in [2.75, 3.05) is 57.3 Å². The highest BCUT2D eigenvalue weighted by Gasteiger charge is 2.16. The van der Waals surface area contributed by atoms with E-state index in [0.29, 0.717) is 6.54 Å². The maximum absolute atomic E-state index is 12.3. The molecule has 0 atom stereocenters. The summed E-state index contributed by atoms with van der Waals surface area (Å²) in [6.07, 6.45) is 1.00. The van der Waals surface area contributed by atoms with Gasteiger partial charge in [0.15, 0.2) is 0 Å². The van der Waals surface area contributed by atoms with Crippen LogP contribution in [0, 0.1) is 0 Å². The molecule has 2 aromatic rings. The Labute approximate surface area is 175 Å². The maximum Gasteiger partial charge on any atom is 0.239 e. The number of hydrogen-bond donors (Lipinski definition) is 1. The van der Waals surface area contributed by atoms with Crippen LogP contribution >= 0.6 is 0 Å². The van der Waals surface area contributed by atoms with Gasteiger partial charge in [0.25, 0.3) is 0 Å². The van der Waals surface area contributed by atoms with Crippen LogP contribution in [0.15, 0.2) is 60.7 Å². The van der Waals surface area contributed by atoms with Crippen LogP contribution in [0.4, 0.5) is 5.69 Å². The van der Waals surface area contributed by atoms with Gasteiger partial charge in [-0.25, -0.2) is 0 Å². The van der Waals surface area contributed by atoms with Crippen LogP contribution in [0.25, 0.3) is 0 Å². The molecule has 5 heteroatoms. The van der Waals surface area contributed by atoms with Crippen molar-refractivity contribution < 1.29 is 4.79 Å². The van der Waals surface area contributed by atoms with E-state index in [1.54, 1.807) is 0 Å². The quantitative estimate of drug-likeness (QED) is 0.629. The lowest BCUT2D eigenvalue weighted by Crippen LogP contribution is -2.46. The highest BCUT2D eigenvalue weighted by atomic mass is 16.2. The summed E-state index contributed by atoms with van der Waals surface area (Å²) < 4.78 is 0. The molecule has 0 aromatic heterocycles. The van der Waals surface area contributed by atoms with Crippen molar-refractivity contribution in [2.24, 2.45) is 0 Å². The number of nitrogens with one attached hydrogen (secondary N) is 1. The van der Waals surface area contributed by atoms with Crippen LogP contribution < -0.4 is 10.2 Å². The van der Waals surface area contributed by atoms with E-state index in [-0.39, 0.29) is 5.91 Å². The first-order valence-electron chi connectivity index (χ1n) is 10.8. The molecule has 0 bridgehead atoms. The molecule has 1 aliphatic rings. The summed E-state index contributed by atoms with van der Waals surface area (Å²) in [6, 6.07) is 20.8. The van der Waals surface area contributed by atoms with E-state index in [1.165, 1.54) is 5.56 Å². The Hall–Kier alpha value is -2.37. The normalized spacial score (nSPS) is 15.2. The molecule has 0 saturated carbocycles.